The molecular formula is C8H12N4OS. The average molecular weight is 212 g/mol. The van der Waals surface area contributed by atoms with Crippen molar-refractivity contribution >= 4 is 18.8 Å². The Labute approximate surface area is 87.7 Å². The van der Waals surface area contributed by atoms with Crippen LogP contribution in [0.4, 0.5) is 4.79 Å². The number of rotatable bonds is 0. The zero-order chi connectivity index (χ0) is 10.1. The van der Waals surface area contributed by atoms with E-state index in [-0.39, 0.29) is 6.03 Å². The van der Waals surface area contributed by atoms with E-state index in [1.54, 1.807) is 18.3 Å². The van der Waals surface area contributed by atoms with Gasteiger partial charge >= 0.3 is 6.03 Å². The molecule has 14 heavy (non-hydrogen) atoms. The zero-order valence-electron chi connectivity index (χ0n) is 7.90. The van der Waals surface area contributed by atoms with Crippen LogP contribution < -0.4 is 0 Å². The van der Waals surface area contributed by atoms with E-state index in [2.05, 4.69) is 22.8 Å². The Kier molecular flexibility index (Phi) is 2.37. The van der Waals surface area contributed by atoms with Crippen LogP contribution in [0.1, 0.15) is 11.4 Å². The van der Waals surface area contributed by atoms with Crippen LogP contribution in [0.3, 0.4) is 0 Å². The molecule has 76 valence electrons. The third-order valence-corrected chi connectivity index (χ3v) is 2.49. The molecule has 0 aliphatic carbocycles. The Hall–Kier alpha value is -1.17. The van der Waals surface area contributed by atoms with Gasteiger partial charge in [0.05, 0.1) is 24.3 Å². The molecule has 0 saturated heterocycles. The van der Waals surface area contributed by atoms with Crippen molar-refractivity contribution in [2.45, 2.75) is 13.0 Å². The highest BCUT2D eigenvalue weighted by molar-refractivity contribution is 7.78. The number of carbonyl (C=O) groups excluding carboxylic acids is 1. The fourth-order valence-corrected chi connectivity index (χ4v) is 1.71. The van der Waals surface area contributed by atoms with Crippen LogP contribution in [0.2, 0.25) is 0 Å². The van der Waals surface area contributed by atoms with Crippen molar-refractivity contribution in [3.8, 4) is 0 Å². The second-order valence-electron chi connectivity index (χ2n) is 3.31. The lowest BCUT2D eigenvalue weighted by Crippen LogP contribution is -2.40. The van der Waals surface area contributed by atoms with E-state index in [1.165, 1.54) is 4.31 Å². The zero-order valence-corrected chi connectivity index (χ0v) is 8.79. The fourth-order valence-electron chi connectivity index (χ4n) is 1.58. The lowest BCUT2D eigenvalue weighted by molar-refractivity contribution is 0.179. The standard InChI is InChI=1S/C8H12N4OS/c1-11(14)8(13)12-3-2-6-7(4-12)10-5-9-6/h5,14H,2-4H2,1H3,(H,9,10). The molecule has 1 aromatic rings. The summed E-state index contributed by atoms with van der Waals surface area (Å²) < 4.78 is 1.29. The first kappa shape index (κ1) is 9.39. The number of fused-ring (bicyclic) bond motifs is 1. The Balaban J connectivity index is 2.11. The normalized spacial score (nSPS) is 15.1. The molecule has 1 aliphatic rings. The van der Waals surface area contributed by atoms with E-state index in [9.17, 15) is 4.79 Å². The number of urea groups is 1. The maximum Gasteiger partial charge on any atom is 0.329 e. The van der Waals surface area contributed by atoms with Crippen molar-refractivity contribution in [3.05, 3.63) is 17.7 Å². The second-order valence-corrected chi connectivity index (χ2v) is 3.91. The first-order valence-electron chi connectivity index (χ1n) is 4.41. The highest BCUT2D eigenvalue weighted by atomic mass is 32.1. The van der Waals surface area contributed by atoms with Crippen molar-refractivity contribution < 1.29 is 4.79 Å². The number of imidazole rings is 1. The summed E-state index contributed by atoms with van der Waals surface area (Å²) in [6, 6.07) is -0.0754. The minimum absolute atomic E-state index is 0.0754. The molecule has 0 radical (unpaired) electrons. The molecular weight excluding hydrogens is 200 g/mol. The van der Waals surface area contributed by atoms with Crippen LogP contribution in [-0.2, 0) is 13.0 Å². The topological polar surface area (TPSA) is 52.2 Å². The molecule has 5 nitrogen and oxygen atoms in total. The lowest BCUT2D eigenvalue weighted by Gasteiger charge is -2.28. The number of hydrogen-bond acceptors (Lipinski definition) is 3. The van der Waals surface area contributed by atoms with Gasteiger partial charge in [-0.05, 0) is 0 Å². The molecule has 0 aromatic carbocycles. The number of amides is 2. The first-order valence-corrected chi connectivity index (χ1v) is 4.81. The average Bonchev–Trinajstić information content (AvgIpc) is 2.62. The van der Waals surface area contributed by atoms with Crippen LogP contribution in [0.15, 0.2) is 6.33 Å². The van der Waals surface area contributed by atoms with Gasteiger partial charge in [-0.15, -0.1) is 0 Å². The van der Waals surface area contributed by atoms with Gasteiger partial charge in [0.2, 0.25) is 0 Å². The van der Waals surface area contributed by atoms with Crippen LogP contribution >= 0.6 is 12.8 Å². The molecule has 0 bridgehead atoms. The highest BCUT2D eigenvalue weighted by Crippen LogP contribution is 2.16. The molecule has 0 spiro atoms. The van der Waals surface area contributed by atoms with Gasteiger partial charge in [0.1, 0.15) is 0 Å². The number of nitrogens with one attached hydrogen (secondary N) is 1. The first-order chi connectivity index (χ1) is 6.68. The summed E-state index contributed by atoms with van der Waals surface area (Å²) >= 11 is 3.97. The van der Waals surface area contributed by atoms with E-state index in [4.69, 9.17) is 0 Å². The van der Waals surface area contributed by atoms with Gasteiger partial charge in [0.15, 0.2) is 0 Å². The van der Waals surface area contributed by atoms with Gasteiger partial charge in [0, 0.05) is 20.0 Å². The number of nitrogens with zero attached hydrogens (tertiary/aromatic N) is 3. The SMILES string of the molecule is CN(S)C(=O)N1CCc2nc[nH]c2C1. The third kappa shape index (κ3) is 1.57. The van der Waals surface area contributed by atoms with E-state index >= 15 is 0 Å². The molecule has 2 rings (SSSR count). The largest absolute Gasteiger partial charge is 0.347 e. The van der Waals surface area contributed by atoms with Crippen molar-refractivity contribution in [2.75, 3.05) is 13.6 Å². The second kappa shape index (κ2) is 3.53. The van der Waals surface area contributed by atoms with E-state index in [0.717, 1.165) is 17.8 Å². The predicted octanol–water partition coefficient (Wildman–Crippen LogP) is 0.664. The lowest BCUT2D eigenvalue weighted by atomic mass is 10.1. The van der Waals surface area contributed by atoms with Gasteiger partial charge in [-0.3, -0.25) is 4.31 Å². The van der Waals surface area contributed by atoms with Crippen LogP contribution in [0.25, 0.3) is 0 Å². The molecule has 2 heterocycles. The predicted molar refractivity (Wildman–Crippen MR) is 54.8 cm³/mol. The van der Waals surface area contributed by atoms with Crippen LogP contribution in [0, 0.1) is 0 Å². The number of aromatic amines is 1. The number of hydrogen-bond donors (Lipinski definition) is 2. The summed E-state index contributed by atoms with van der Waals surface area (Å²) in [6.45, 7) is 1.31. The highest BCUT2D eigenvalue weighted by Gasteiger charge is 2.23. The Morgan fingerprint density at radius 1 is 1.79 bits per heavy atom. The van der Waals surface area contributed by atoms with Gasteiger partial charge in [-0.2, -0.15) is 0 Å². The Bertz CT molecular complexity index is 349. The summed E-state index contributed by atoms with van der Waals surface area (Å²) in [5.41, 5.74) is 2.09. The van der Waals surface area contributed by atoms with E-state index in [0.29, 0.717) is 13.1 Å². The number of thiol groups is 1. The van der Waals surface area contributed by atoms with Crippen LogP contribution in [-0.4, -0.2) is 38.8 Å². The Morgan fingerprint density at radius 2 is 2.57 bits per heavy atom. The van der Waals surface area contributed by atoms with E-state index in [1.807, 2.05) is 0 Å². The molecule has 1 aliphatic heterocycles. The molecule has 6 heteroatoms. The Morgan fingerprint density at radius 3 is 3.29 bits per heavy atom. The van der Waals surface area contributed by atoms with Crippen molar-refractivity contribution in [1.82, 2.24) is 19.2 Å². The molecule has 0 fully saturated rings. The minimum Gasteiger partial charge on any atom is -0.347 e. The minimum atomic E-state index is -0.0754. The molecule has 0 unspecified atom stereocenters. The van der Waals surface area contributed by atoms with Gasteiger partial charge in [-0.1, -0.05) is 12.8 Å². The molecule has 0 atom stereocenters. The maximum absolute atomic E-state index is 11.6. The van der Waals surface area contributed by atoms with E-state index < -0.39 is 0 Å². The van der Waals surface area contributed by atoms with Gasteiger partial charge in [-0.25, -0.2) is 9.78 Å². The monoisotopic (exact) mass is 212 g/mol. The van der Waals surface area contributed by atoms with Gasteiger partial charge in [0.25, 0.3) is 0 Å². The fraction of sp³-hybridized carbons (Fsp3) is 0.500. The molecule has 0 saturated carbocycles. The summed E-state index contributed by atoms with van der Waals surface area (Å²) in [7, 11) is 1.63. The van der Waals surface area contributed by atoms with Crippen LogP contribution in [0.5, 0.6) is 0 Å². The smallest absolute Gasteiger partial charge is 0.329 e. The summed E-state index contributed by atoms with van der Waals surface area (Å²) in [5, 5.41) is 0. The summed E-state index contributed by atoms with van der Waals surface area (Å²) in [4.78, 5) is 20.5. The number of aromatic nitrogens is 2. The van der Waals surface area contributed by atoms with Gasteiger partial charge < -0.3 is 9.88 Å². The summed E-state index contributed by atoms with van der Waals surface area (Å²) in [6.07, 6.45) is 2.48. The third-order valence-electron chi connectivity index (χ3n) is 2.32. The summed E-state index contributed by atoms with van der Waals surface area (Å²) in [5.74, 6) is 0. The van der Waals surface area contributed by atoms with Crippen molar-refractivity contribution in [3.63, 3.8) is 0 Å². The quantitative estimate of drug-likeness (QED) is 0.621. The molecule has 1 aromatic heterocycles. The van der Waals surface area contributed by atoms with Crippen molar-refractivity contribution in [1.29, 1.82) is 0 Å². The van der Waals surface area contributed by atoms with Crippen molar-refractivity contribution in [2.24, 2.45) is 0 Å². The molecule has 1 N–H and O–H groups in total. The number of carbonyl (C=O) groups is 1. The molecule has 2 amide bonds. The maximum atomic E-state index is 11.6. The number of H-pyrrole nitrogens is 1.